The zero-order valence-electron chi connectivity index (χ0n) is 18.1. The standard InChI is InChI=1S/C26H26N4O3/c27-25-23-19(12-30(26(23)29-14-28-25)20-10-18(13-31)24(20)32)17-7-6-16-8-9-21(33-22(16)11-17)15-4-2-1-3-5-15/h1-7,11-12,14,18,20-21,24,31-32H,8-10,13H2,(H2,27,28,29). The third kappa shape index (κ3) is 3.27. The van der Waals surface area contributed by atoms with Crippen LogP contribution in [0.3, 0.4) is 0 Å². The van der Waals surface area contributed by atoms with E-state index in [2.05, 4.69) is 40.3 Å². The Morgan fingerprint density at radius 2 is 1.97 bits per heavy atom. The Labute approximate surface area is 191 Å². The molecule has 4 unspecified atom stereocenters. The highest BCUT2D eigenvalue weighted by atomic mass is 16.5. The maximum Gasteiger partial charge on any atom is 0.146 e. The first-order chi connectivity index (χ1) is 16.1. The van der Waals surface area contributed by atoms with Crippen LogP contribution in [0.5, 0.6) is 5.75 Å². The van der Waals surface area contributed by atoms with Crippen LogP contribution < -0.4 is 10.5 Å². The molecule has 4 N–H and O–H groups in total. The second-order valence-electron chi connectivity index (χ2n) is 9.02. The molecule has 7 nitrogen and oxygen atoms in total. The molecule has 4 atom stereocenters. The molecule has 1 aliphatic heterocycles. The minimum absolute atomic E-state index is 0.0222. The van der Waals surface area contributed by atoms with Gasteiger partial charge in [0, 0.05) is 24.3 Å². The number of rotatable bonds is 4. The fraction of sp³-hybridized carbons (Fsp3) is 0.308. The average molecular weight is 443 g/mol. The predicted molar refractivity (Wildman–Crippen MR) is 126 cm³/mol. The van der Waals surface area contributed by atoms with Crippen molar-refractivity contribution in [3.63, 3.8) is 0 Å². The van der Waals surface area contributed by atoms with E-state index in [1.807, 2.05) is 29.0 Å². The molecular formula is C26H26N4O3. The first-order valence-electron chi connectivity index (χ1n) is 11.4. The summed E-state index contributed by atoms with van der Waals surface area (Å²) in [4.78, 5) is 8.70. The SMILES string of the molecule is Nc1ncnc2c1c(-c1ccc3c(c1)OC(c1ccccc1)CC3)cn2C1CC(CO)C1O. The largest absolute Gasteiger partial charge is 0.485 e. The molecule has 168 valence electrons. The van der Waals surface area contributed by atoms with Crippen LogP contribution >= 0.6 is 0 Å². The minimum atomic E-state index is -0.617. The summed E-state index contributed by atoms with van der Waals surface area (Å²) >= 11 is 0. The lowest BCUT2D eigenvalue weighted by molar-refractivity contribution is -0.0548. The van der Waals surface area contributed by atoms with Crippen molar-refractivity contribution >= 4 is 16.9 Å². The molecule has 4 aromatic rings. The van der Waals surface area contributed by atoms with Crippen LogP contribution in [0.15, 0.2) is 61.1 Å². The van der Waals surface area contributed by atoms with Gasteiger partial charge in [0.15, 0.2) is 0 Å². The summed E-state index contributed by atoms with van der Waals surface area (Å²) in [5, 5.41) is 20.8. The Hall–Kier alpha value is -3.42. The number of fused-ring (bicyclic) bond motifs is 2. The first-order valence-corrected chi connectivity index (χ1v) is 11.4. The van der Waals surface area contributed by atoms with E-state index in [0.717, 1.165) is 35.1 Å². The van der Waals surface area contributed by atoms with Gasteiger partial charge in [-0.3, -0.25) is 0 Å². The molecule has 3 heterocycles. The van der Waals surface area contributed by atoms with Crippen molar-refractivity contribution in [3.8, 4) is 16.9 Å². The second kappa shape index (κ2) is 7.86. The van der Waals surface area contributed by atoms with E-state index in [-0.39, 0.29) is 24.7 Å². The summed E-state index contributed by atoms with van der Waals surface area (Å²) < 4.78 is 8.40. The Morgan fingerprint density at radius 3 is 2.76 bits per heavy atom. The Bertz CT molecular complexity index is 1320. The molecule has 0 spiro atoms. The Balaban J connectivity index is 1.41. The molecule has 0 amide bonds. The summed E-state index contributed by atoms with van der Waals surface area (Å²) in [7, 11) is 0. The lowest BCUT2D eigenvalue weighted by Gasteiger charge is -2.41. The highest BCUT2D eigenvalue weighted by Gasteiger charge is 2.41. The van der Waals surface area contributed by atoms with Gasteiger partial charge in [-0.15, -0.1) is 0 Å². The number of anilines is 1. The van der Waals surface area contributed by atoms with Crippen LogP contribution in [0.4, 0.5) is 5.82 Å². The van der Waals surface area contributed by atoms with E-state index in [9.17, 15) is 10.2 Å². The van der Waals surface area contributed by atoms with Crippen molar-refractivity contribution in [2.24, 2.45) is 5.92 Å². The lowest BCUT2D eigenvalue weighted by atomic mass is 9.77. The number of aryl methyl sites for hydroxylation is 1. The number of benzene rings is 2. The zero-order chi connectivity index (χ0) is 22.5. The van der Waals surface area contributed by atoms with Crippen molar-refractivity contribution in [3.05, 3.63) is 72.2 Å². The number of nitrogens with zero attached hydrogens (tertiary/aromatic N) is 3. The van der Waals surface area contributed by atoms with Crippen LogP contribution in [0.25, 0.3) is 22.2 Å². The topological polar surface area (TPSA) is 106 Å². The van der Waals surface area contributed by atoms with Gasteiger partial charge in [-0.1, -0.05) is 42.5 Å². The number of aliphatic hydroxyl groups excluding tert-OH is 2. The number of nitrogens with two attached hydrogens (primary N) is 1. The van der Waals surface area contributed by atoms with Gasteiger partial charge in [-0.25, -0.2) is 9.97 Å². The lowest BCUT2D eigenvalue weighted by Crippen LogP contribution is -2.44. The van der Waals surface area contributed by atoms with Gasteiger partial charge in [0.2, 0.25) is 0 Å². The van der Waals surface area contributed by atoms with Crippen LogP contribution in [0, 0.1) is 5.92 Å². The van der Waals surface area contributed by atoms with E-state index in [0.29, 0.717) is 17.9 Å². The number of aliphatic hydroxyl groups is 2. The molecule has 2 aromatic carbocycles. The first kappa shape index (κ1) is 20.2. The number of hydrogen-bond donors (Lipinski definition) is 3. The van der Waals surface area contributed by atoms with Crippen molar-refractivity contribution in [1.29, 1.82) is 0 Å². The maximum atomic E-state index is 10.5. The third-order valence-corrected chi connectivity index (χ3v) is 7.15. The van der Waals surface area contributed by atoms with E-state index >= 15 is 0 Å². The molecule has 1 saturated carbocycles. The van der Waals surface area contributed by atoms with Crippen LogP contribution in [-0.2, 0) is 6.42 Å². The smallest absolute Gasteiger partial charge is 0.146 e. The molecular weight excluding hydrogens is 416 g/mol. The van der Waals surface area contributed by atoms with E-state index in [1.54, 1.807) is 0 Å². The predicted octanol–water partition coefficient (Wildman–Crippen LogP) is 3.66. The fourth-order valence-corrected chi connectivity index (χ4v) is 5.19. The van der Waals surface area contributed by atoms with E-state index in [1.165, 1.54) is 17.5 Å². The average Bonchev–Trinajstić information content (AvgIpc) is 3.23. The quantitative estimate of drug-likeness (QED) is 0.445. The second-order valence-corrected chi connectivity index (χ2v) is 9.02. The molecule has 2 aromatic heterocycles. The molecule has 1 fully saturated rings. The van der Waals surface area contributed by atoms with Crippen molar-refractivity contribution in [1.82, 2.24) is 14.5 Å². The fourth-order valence-electron chi connectivity index (χ4n) is 5.19. The molecule has 33 heavy (non-hydrogen) atoms. The highest BCUT2D eigenvalue weighted by molar-refractivity contribution is 6.01. The van der Waals surface area contributed by atoms with Gasteiger partial charge in [-0.05, 0) is 42.0 Å². The van der Waals surface area contributed by atoms with Crippen LogP contribution in [-0.4, -0.2) is 37.5 Å². The number of aromatic nitrogens is 3. The maximum absolute atomic E-state index is 10.5. The minimum Gasteiger partial charge on any atom is -0.485 e. The normalized spacial score (nSPS) is 24.2. The van der Waals surface area contributed by atoms with Gasteiger partial charge in [0.25, 0.3) is 0 Å². The third-order valence-electron chi connectivity index (χ3n) is 7.15. The van der Waals surface area contributed by atoms with Gasteiger partial charge >= 0.3 is 0 Å². The van der Waals surface area contributed by atoms with Crippen molar-refractivity contribution < 1.29 is 14.9 Å². The summed E-state index contributed by atoms with van der Waals surface area (Å²) in [6.45, 7) is -0.0222. The Kier molecular flexibility index (Phi) is 4.81. The van der Waals surface area contributed by atoms with Crippen LogP contribution in [0.1, 0.15) is 36.1 Å². The highest BCUT2D eigenvalue weighted by Crippen LogP contribution is 2.44. The molecule has 7 heteroatoms. The van der Waals surface area contributed by atoms with Crippen molar-refractivity contribution in [2.45, 2.75) is 37.5 Å². The molecule has 0 saturated heterocycles. The number of hydrogen-bond acceptors (Lipinski definition) is 6. The zero-order valence-corrected chi connectivity index (χ0v) is 18.1. The van der Waals surface area contributed by atoms with E-state index in [4.69, 9.17) is 10.5 Å². The van der Waals surface area contributed by atoms with Crippen molar-refractivity contribution in [2.75, 3.05) is 12.3 Å². The van der Waals surface area contributed by atoms with Crippen LogP contribution in [0.2, 0.25) is 0 Å². The summed E-state index contributed by atoms with van der Waals surface area (Å²) in [6, 6.07) is 16.4. The molecule has 0 bridgehead atoms. The summed E-state index contributed by atoms with van der Waals surface area (Å²) in [5.41, 5.74) is 11.2. The number of ether oxygens (including phenoxy) is 1. The molecule has 2 aliphatic rings. The molecule has 0 radical (unpaired) electrons. The van der Waals surface area contributed by atoms with Gasteiger partial charge in [-0.2, -0.15) is 0 Å². The van der Waals surface area contributed by atoms with E-state index < -0.39 is 6.10 Å². The molecule has 1 aliphatic carbocycles. The van der Waals surface area contributed by atoms with Gasteiger partial charge < -0.3 is 25.3 Å². The number of nitrogen functional groups attached to an aromatic ring is 1. The van der Waals surface area contributed by atoms with Gasteiger partial charge in [0.1, 0.15) is 29.6 Å². The Morgan fingerprint density at radius 1 is 1.12 bits per heavy atom. The summed E-state index contributed by atoms with van der Waals surface area (Å²) in [5.74, 6) is 1.18. The summed E-state index contributed by atoms with van der Waals surface area (Å²) in [6.07, 6.45) is 5.46. The monoisotopic (exact) mass is 442 g/mol. The molecule has 6 rings (SSSR count). The van der Waals surface area contributed by atoms with Gasteiger partial charge in [0.05, 0.1) is 17.5 Å².